The summed E-state index contributed by atoms with van der Waals surface area (Å²) in [5, 5.41) is 7.50. The van der Waals surface area contributed by atoms with Gasteiger partial charge in [-0.2, -0.15) is 9.40 Å². The van der Waals surface area contributed by atoms with E-state index < -0.39 is 15.8 Å². The molecule has 9 heteroatoms. The topological polar surface area (TPSA) is 84.3 Å². The zero-order valence-corrected chi connectivity index (χ0v) is 17.4. The third-order valence-corrected chi connectivity index (χ3v) is 7.58. The van der Waals surface area contributed by atoms with Gasteiger partial charge in [-0.3, -0.25) is 9.48 Å². The summed E-state index contributed by atoms with van der Waals surface area (Å²) in [6, 6.07) is 4.13. The van der Waals surface area contributed by atoms with Crippen LogP contribution in [0.5, 0.6) is 0 Å². The molecule has 7 nitrogen and oxygen atoms in total. The van der Waals surface area contributed by atoms with Crippen LogP contribution in [0.3, 0.4) is 0 Å². The molecule has 0 bridgehead atoms. The Hall–Kier alpha value is -2.26. The largest absolute Gasteiger partial charge is 0.353 e. The second-order valence-electron chi connectivity index (χ2n) is 7.84. The van der Waals surface area contributed by atoms with Crippen molar-refractivity contribution in [2.24, 2.45) is 7.05 Å². The normalized spacial score (nSPS) is 17.2. The summed E-state index contributed by atoms with van der Waals surface area (Å²) in [5.74, 6) is -0.571. The van der Waals surface area contributed by atoms with E-state index in [4.69, 9.17) is 0 Å². The SMILES string of the molecule is Cc1ccc(F)cc1S(=O)(=O)N1CCc2c(c(CCC(=O)NC3CC3)nn2C)C1. The van der Waals surface area contributed by atoms with Crippen LogP contribution in [0.1, 0.15) is 41.8 Å². The number of amides is 1. The van der Waals surface area contributed by atoms with Crippen LogP contribution in [0.4, 0.5) is 4.39 Å². The van der Waals surface area contributed by atoms with Gasteiger partial charge < -0.3 is 5.32 Å². The van der Waals surface area contributed by atoms with E-state index in [0.717, 1.165) is 35.9 Å². The fourth-order valence-corrected chi connectivity index (χ4v) is 5.45. The maximum absolute atomic E-state index is 13.7. The Bertz CT molecular complexity index is 1060. The predicted octanol–water partition coefficient (Wildman–Crippen LogP) is 1.83. The first-order valence-electron chi connectivity index (χ1n) is 9.85. The number of sulfonamides is 1. The van der Waals surface area contributed by atoms with Gasteiger partial charge in [-0.05, 0) is 37.5 Å². The fourth-order valence-electron chi connectivity index (χ4n) is 3.80. The molecule has 29 heavy (non-hydrogen) atoms. The van der Waals surface area contributed by atoms with Crippen LogP contribution < -0.4 is 5.32 Å². The monoisotopic (exact) mass is 420 g/mol. The maximum atomic E-state index is 13.7. The number of aromatic nitrogens is 2. The van der Waals surface area contributed by atoms with Crippen LogP contribution >= 0.6 is 0 Å². The van der Waals surface area contributed by atoms with Gasteiger partial charge in [-0.25, -0.2) is 12.8 Å². The Balaban J connectivity index is 1.55. The number of aryl methyl sites for hydroxylation is 3. The molecule has 2 aromatic rings. The summed E-state index contributed by atoms with van der Waals surface area (Å²) < 4.78 is 43.1. The molecule has 0 spiro atoms. The minimum Gasteiger partial charge on any atom is -0.353 e. The molecule has 0 atom stereocenters. The number of nitrogens with one attached hydrogen (secondary N) is 1. The molecule has 1 aliphatic carbocycles. The lowest BCUT2D eigenvalue weighted by Gasteiger charge is -2.27. The number of hydrogen-bond donors (Lipinski definition) is 1. The van der Waals surface area contributed by atoms with Crippen LogP contribution in [0.25, 0.3) is 0 Å². The quantitative estimate of drug-likeness (QED) is 0.773. The molecule has 1 aromatic carbocycles. The molecule has 1 aromatic heterocycles. The molecule has 0 radical (unpaired) electrons. The zero-order chi connectivity index (χ0) is 20.8. The van der Waals surface area contributed by atoms with E-state index in [-0.39, 0.29) is 17.3 Å². The molecular weight excluding hydrogens is 395 g/mol. The van der Waals surface area contributed by atoms with E-state index in [1.165, 1.54) is 16.4 Å². The minimum absolute atomic E-state index is 0.00238. The van der Waals surface area contributed by atoms with Crippen molar-refractivity contribution in [3.63, 3.8) is 0 Å². The molecule has 1 aliphatic heterocycles. The molecular formula is C20H25FN4O3S. The predicted molar refractivity (Wildman–Crippen MR) is 105 cm³/mol. The van der Waals surface area contributed by atoms with Gasteiger partial charge in [0.1, 0.15) is 5.82 Å². The molecule has 1 fully saturated rings. The number of carbonyl (C=O) groups is 1. The molecule has 1 saturated carbocycles. The smallest absolute Gasteiger partial charge is 0.243 e. The standard InChI is InChI=1S/C20H25FN4O3S/c1-13-3-4-14(21)11-19(13)29(27,28)25-10-9-18-16(12-25)17(23-24(18)2)7-8-20(26)22-15-5-6-15/h3-4,11,15H,5-10,12H2,1-2H3,(H,22,26). The van der Waals surface area contributed by atoms with Crippen LogP contribution in [0.2, 0.25) is 0 Å². The number of benzene rings is 1. The summed E-state index contributed by atoms with van der Waals surface area (Å²) >= 11 is 0. The average molecular weight is 421 g/mol. The van der Waals surface area contributed by atoms with E-state index >= 15 is 0 Å². The molecule has 0 saturated heterocycles. The number of carbonyl (C=O) groups excluding carboxylic acids is 1. The summed E-state index contributed by atoms with van der Waals surface area (Å²) in [5.41, 5.74) is 3.12. The number of hydrogen-bond acceptors (Lipinski definition) is 4. The molecule has 0 unspecified atom stereocenters. The second kappa shape index (κ2) is 7.53. The number of nitrogens with zero attached hydrogens (tertiary/aromatic N) is 3. The third-order valence-electron chi connectivity index (χ3n) is 5.59. The summed E-state index contributed by atoms with van der Waals surface area (Å²) in [6.07, 6.45) is 3.40. The van der Waals surface area contributed by atoms with Gasteiger partial charge in [0.15, 0.2) is 0 Å². The van der Waals surface area contributed by atoms with Crippen molar-refractivity contribution in [1.82, 2.24) is 19.4 Å². The van der Waals surface area contributed by atoms with E-state index in [1.54, 1.807) is 11.6 Å². The van der Waals surface area contributed by atoms with Gasteiger partial charge in [0.25, 0.3) is 0 Å². The first-order chi connectivity index (χ1) is 13.8. The highest BCUT2D eigenvalue weighted by Crippen LogP contribution is 2.29. The van der Waals surface area contributed by atoms with E-state index in [1.807, 2.05) is 7.05 Å². The third kappa shape index (κ3) is 4.06. The second-order valence-corrected chi connectivity index (χ2v) is 9.74. The van der Waals surface area contributed by atoms with E-state index in [2.05, 4.69) is 10.4 Å². The van der Waals surface area contributed by atoms with Gasteiger partial charge in [0.2, 0.25) is 15.9 Å². The Morgan fingerprint density at radius 2 is 2.10 bits per heavy atom. The molecule has 1 amide bonds. The Morgan fingerprint density at radius 1 is 1.34 bits per heavy atom. The van der Waals surface area contributed by atoms with Crippen molar-refractivity contribution in [2.75, 3.05) is 6.54 Å². The van der Waals surface area contributed by atoms with E-state index in [9.17, 15) is 17.6 Å². The van der Waals surface area contributed by atoms with Crippen molar-refractivity contribution in [1.29, 1.82) is 0 Å². The fraction of sp³-hybridized carbons (Fsp3) is 0.500. The van der Waals surface area contributed by atoms with Crippen molar-refractivity contribution in [2.45, 2.75) is 56.5 Å². The summed E-state index contributed by atoms with van der Waals surface area (Å²) in [7, 11) is -1.99. The zero-order valence-electron chi connectivity index (χ0n) is 16.6. The van der Waals surface area contributed by atoms with Gasteiger partial charge in [-0.1, -0.05) is 6.07 Å². The average Bonchev–Trinajstić information content (AvgIpc) is 3.44. The van der Waals surface area contributed by atoms with Crippen LogP contribution in [-0.4, -0.2) is 41.0 Å². The Labute approximate surface area is 169 Å². The highest BCUT2D eigenvalue weighted by Gasteiger charge is 2.33. The van der Waals surface area contributed by atoms with Crippen molar-refractivity contribution < 1.29 is 17.6 Å². The van der Waals surface area contributed by atoms with Gasteiger partial charge in [0, 0.05) is 56.7 Å². The van der Waals surface area contributed by atoms with Crippen LogP contribution in [-0.2, 0) is 41.3 Å². The maximum Gasteiger partial charge on any atom is 0.243 e. The highest BCUT2D eigenvalue weighted by molar-refractivity contribution is 7.89. The minimum atomic E-state index is -3.83. The van der Waals surface area contributed by atoms with Crippen molar-refractivity contribution in [3.8, 4) is 0 Å². The molecule has 1 N–H and O–H groups in total. The lowest BCUT2D eigenvalue weighted by Crippen LogP contribution is -2.37. The van der Waals surface area contributed by atoms with Gasteiger partial charge in [0.05, 0.1) is 10.6 Å². The van der Waals surface area contributed by atoms with Crippen molar-refractivity contribution in [3.05, 3.63) is 46.5 Å². The number of rotatable bonds is 6. The Kier molecular flexibility index (Phi) is 5.20. The highest BCUT2D eigenvalue weighted by atomic mass is 32.2. The Morgan fingerprint density at radius 3 is 2.83 bits per heavy atom. The lowest BCUT2D eigenvalue weighted by molar-refractivity contribution is -0.121. The van der Waals surface area contributed by atoms with Crippen molar-refractivity contribution >= 4 is 15.9 Å². The van der Waals surface area contributed by atoms with Gasteiger partial charge >= 0.3 is 0 Å². The molecule has 2 heterocycles. The first kappa shape index (κ1) is 20.0. The number of halogens is 1. The molecule has 156 valence electrons. The van der Waals surface area contributed by atoms with Crippen LogP contribution in [0.15, 0.2) is 23.1 Å². The first-order valence-corrected chi connectivity index (χ1v) is 11.3. The summed E-state index contributed by atoms with van der Waals surface area (Å²) in [4.78, 5) is 12.0. The summed E-state index contributed by atoms with van der Waals surface area (Å²) in [6.45, 7) is 2.16. The molecule has 4 rings (SSSR count). The van der Waals surface area contributed by atoms with E-state index in [0.29, 0.717) is 37.4 Å². The van der Waals surface area contributed by atoms with Gasteiger partial charge in [-0.15, -0.1) is 0 Å². The van der Waals surface area contributed by atoms with Crippen LogP contribution in [0, 0.1) is 12.7 Å². The number of fused-ring (bicyclic) bond motifs is 1. The lowest BCUT2D eigenvalue weighted by atomic mass is 10.0. The molecule has 2 aliphatic rings.